The molecule has 1 atom stereocenters. The smallest absolute Gasteiger partial charge is 0.193 e. The zero-order valence-electron chi connectivity index (χ0n) is 11.1. The summed E-state index contributed by atoms with van der Waals surface area (Å²) in [5.74, 6) is 1.52. The molecule has 98 valence electrons. The highest BCUT2D eigenvalue weighted by molar-refractivity contribution is 5.80. The van der Waals surface area contributed by atoms with Crippen LogP contribution in [0.4, 0.5) is 0 Å². The van der Waals surface area contributed by atoms with Gasteiger partial charge in [0.1, 0.15) is 0 Å². The molecule has 0 saturated carbocycles. The van der Waals surface area contributed by atoms with E-state index in [4.69, 9.17) is 0 Å². The van der Waals surface area contributed by atoms with E-state index in [1.54, 1.807) is 0 Å². The molecule has 1 unspecified atom stereocenters. The van der Waals surface area contributed by atoms with Crippen LogP contribution in [0.5, 0.6) is 0 Å². The lowest BCUT2D eigenvalue weighted by Crippen LogP contribution is -2.39. The Morgan fingerprint density at radius 1 is 1.72 bits per heavy atom. The van der Waals surface area contributed by atoms with Crippen molar-refractivity contribution in [1.82, 2.24) is 20.0 Å². The number of aliphatic imine (C=N–C) groups is 1. The number of hydrogen-bond donors (Lipinski definition) is 1. The van der Waals surface area contributed by atoms with E-state index in [-0.39, 0.29) is 0 Å². The minimum atomic E-state index is 0.556. The number of aromatic nitrogens is 2. The summed E-state index contributed by atoms with van der Waals surface area (Å²) in [6.07, 6.45) is 7.07. The fourth-order valence-electron chi connectivity index (χ4n) is 2.37. The fraction of sp³-hybridized carbons (Fsp3) is 0.538. The molecule has 5 nitrogen and oxygen atoms in total. The molecule has 0 spiro atoms. The maximum atomic E-state index is 4.30. The Morgan fingerprint density at radius 2 is 2.56 bits per heavy atom. The molecule has 0 bridgehead atoms. The molecule has 1 saturated heterocycles. The van der Waals surface area contributed by atoms with Gasteiger partial charge in [-0.1, -0.05) is 6.08 Å². The molecule has 1 aromatic heterocycles. The topological polar surface area (TPSA) is 45.5 Å². The molecule has 1 fully saturated rings. The van der Waals surface area contributed by atoms with Gasteiger partial charge in [0.05, 0.1) is 6.20 Å². The Hall–Kier alpha value is -1.78. The molecule has 0 aliphatic carbocycles. The van der Waals surface area contributed by atoms with Crippen LogP contribution in [0, 0.1) is 0 Å². The molecule has 1 aliphatic rings. The van der Waals surface area contributed by atoms with E-state index < -0.39 is 0 Å². The third-order valence-corrected chi connectivity index (χ3v) is 3.30. The van der Waals surface area contributed by atoms with E-state index in [9.17, 15) is 0 Å². The summed E-state index contributed by atoms with van der Waals surface area (Å²) < 4.78 is 1.86. The first-order valence-electron chi connectivity index (χ1n) is 6.29. The second-order valence-corrected chi connectivity index (χ2v) is 4.60. The first-order valence-corrected chi connectivity index (χ1v) is 6.29. The molecule has 1 N–H and O–H groups in total. The lowest BCUT2D eigenvalue weighted by atomic mass is 10.0. The SMILES string of the molecule is C=CCNC(=NC)N1CCC(c2cnn(C)c2)C1. The van der Waals surface area contributed by atoms with Gasteiger partial charge in [-0.15, -0.1) is 6.58 Å². The van der Waals surface area contributed by atoms with E-state index in [0.29, 0.717) is 5.92 Å². The molecule has 1 aliphatic heterocycles. The van der Waals surface area contributed by atoms with Crippen LogP contribution in [-0.4, -0.2) is 47.3 Å². The van der Waals surface area contributed by atoms with Gasteiger partial charge in [0.15, 0.2) is 5.96 Å². The van der Waals surface area contributed by atoms with Crippen LogP contribution >= 0.6 is 0 Å². The molecule has 0 aromatic carbocycles. The highest BCUT2D eigenvalue weighted by atomic mass is 15.3. The van der Waals surface area contributed by atoms with Crippen LogP contribution in [0.2, 0.25) is 0 Å². The van der Waals surface area contributed by atoms with E-state index >= 15 is 0 Å². The molecule has 2 heterocycles. The van der Waals surface area contributed by atoms with Crippen molar-refractivity contribution in [2.24, 2.45) is 12.0 Å². The summed E-state index contributed by atoms with van der Waals surface area (Å²) >= 11 is 0. The van der Waals surface area contributed by atoms with Crippen LogP contribution in [0.25, 0.3) is 0 Å². The minimum absolute atomic E-state index is 0.556. The fourth-order valence-corrected chi connectivity index (χ4v) is 2.37. The van der Waals surface area contributed by atoms with Crippen molar-refractivity contribution in [3.63, 3.8) is 0 Å². The van der Waals surface area contributed by atoms with Gasteiger partial charge < -0.3 is 10.2 Å². The standard InChI is InChI=1S/C13H21N5/c1-4-6-15-13(14-2)18-7-5-11(10-18)12-8-16-17(3)9-12/h4,8-9,11H,1,5-7,10H2,2-3H3,(H,14,15). The quantitative estimate of drug-likeness (QED) is 0.492. The Bertz CT molecular complexity index is 434. The predicted molar refractivity (Wildman–Crippen MR) is 73.7 cm³/mol. The molecule has 1 aromatic rings. The van der Waals surface area contributed by atoms with Crippen molar-refractivity contribution in [1.29, 1.82) is 0 Å². The molecule has 2 rings (SSSR count). The average Bonchev–Trinajstić information content (AvgIpc) is 2.99. The third-order valence-electron chi connectivity index (χ3n) is 3.30. The first-order chi connectivity index (χ1) is 8.74. The lowest BCUT2D eigenvalue weighted by Gasteiger charge is -2.20. The zero-order valence-corrected chi connectivity index (χ0v) is 11.1. The largest absolute Gasteiger partial charge is 0.353 e. The minimum Gasteiger partial charge on any atom is -0.353 e. The van der Waals surface area contributed by atoms with Gasteiger partial charge in [-0.3, -0.25) is 9.67 Å². The second-order valence-electron chi connectivity index (χ2n) is 4.60. The Labute approximate surface area is 108 Å². The van der Waals surface area contributed by atoms with Gasteiger partial charge in [0.25, 0.3) is 0 Å². The third kappa shape index (κ3) is 2.72. The van der Waals surface area contributed by atoms with E-state index in [2.05, 4.69) is 33.1 Å². The van der Waals surface area contributed by atoms with Crippen LogP contribution in [0.15, 0.2) is 30.0 Å². The van der Waals surface area contributed by atoms with E-state index in [0.717, 1.165) is 32.0 Å². The lowest BCUT2D eigenvalue weighted by molar-refractivity contribution is 0.490. The van der Waals surface area contributed by atoms with Crippen LogP contribution in [0.3, 0.4) is 0 Å². The van der Waals surface area contributed by atoms with Crippen molar-refractivity contribution >= 4 is 5.96 Å². The molecule has 0 radical (unpaired) electrons. The summed E-state index contributed by atoms with van der Waals surface area (Å²) in [5, 5.41) is 7.52. The summed E-state index contributed by atoms with van der Waals surface area (Å²) in [7, 11) is 3.78. The Morgan fingerprint density at radius 3 is 3.17 bits per heavy atom. The van der Waals surface area contributed by atoms with Crippen molar-refractivity contribution < 1.29 is 0 Å². The molecule has 0 amide bonds. The van der Waals surface area contributed by atoms with Gasteiger partial charge in [0.2, 0.25) is 0 Å². The average molecular weight is 247 g/mol. The molecular formula is C13H21N5. The first kappa shape index (κ1) is 12.7. The van der Waals surface area contributed by atoms with Crippen LogP contribution in [-0.2, 0) is 7.05 Å². The molecule has 18 heavy (non-hydrogen) atoms. The summed E-state index contributed by atoms with van der Waals surface area (Å²) in [5.41, 5.74) is 1.32. The van der Waals surface area contributed by atoms with Crippen LogP contribution < -0.4 is 5.32 Å². The molecular weight excluding hydrogens is 226 g/mol. The normalized spacial score (nSPS) is 20.2. The van der Waals surface area contributed by atoms with Gasteiger partial charge >= 0.3 is 0 Å². The summed E-state index contributed by atoms with van der Waals surface area (Å²) in [6, 6.07) is 0. The number of rotatable bonds is 3. The number of likely N-dealkylation sites (tertiary alicyclic amines) is 1. The maximum Gasteiger partial charge on any atom is 0.193 e. The van der Waals surface area contributed by atoms with Gasteiger partial charge in [-0.2, -0.15) is 5.10 Å². The number of nitrogens with zero attached hydrogens (tertiary/aromatic N) is 4. The van der Waals surface area contributed by atoms with Gasteiger partial charge in [0, 0.05) is 45.8 Å². The van der Waals surface area contributed by atoms with E-state index in [1.165, 1.54) is 5.56 Å². The predicted octanol–water partition coefficient (Wildman–Crippen LogP) is 0.971. The number of guanidine groups is 1. The Balaban J connectivity index is 1.97. The molecule has 5 heteroatoms. The number of hydrogen-bond acceptors (Lipinski definition) is 2. The summed E-state index contributed by atoms with van der Waals surface area (Å²) in [4.78, 5) is 6.60. The van der Waals surface area contributed by atoms with Gasteiger partial charge in [-0.25, -0.2) is 0 Å². The van der Waals surface area contributed by atoms with Crippen LogP contribution in [0.1, 0.15) is 17.9 Å². The van der Waals surface area contributed by atoms with Gasteiger partial charge in [-0.05, 0) is 12.0 Å². The van der Waals surface area contributed by atoms with Crippen molar-refractivity contribution in [2.45, 2.75) is 12.3 Å². The van der Waals surface area contributed by atoms with Crippen molar-refractivity contribution in [3.8, 4) is 0 Å². The van der Waals surface area contributed by atoms with Crippen molar-refractivity contribution in [2.75, 3.05) is 26.7 Å². The monoisotopic (exact) mass is 247 g/mol. The van der Waals surface area contributed by atoms with Crippen molar-refractivity contribution in [3.05, 3.63) is 30.6 Å². The second kappa shape index (κ2) is 5.71. The van der Waals surface area contributed by atoms with E-state index in [1.807, 2.05) is 31.1 Å². The summed E-state index contributed by atoms with van der Waals surface area (Å²) in [6.45, 7) is 6.50. The number of aryl methyl sites for hydroxylation is 1. The zero-order chi connectivity index (χ0) is 13.0. The highest BCUT2D eigenvalue weighted by Gasteiger charge is 2.26. The highest BCUT2D eigenvalue weighted by Crippen LogP contribution is 2.26. The number of nitrogens with one attached hydrogen (secondary N) is 1. The maximum absolute atomic E-state index is 4.30. The Kier molecular flexibility index (Phi) is 4.02.